The van der Waals surface area contributed by atoms with Crippen molar-refractivity contribution >= 4 is 15.7 Å². The second-order valence-electron chi connectivity index (χ2n) is 4.32. The van der Waals surface area contributed by atoms with Gasteiger partial charge in [-0.3, -0.25) is 4.98 Å². The van der Waals surface area contributed by atoms with Gasteiger partial charge in [-0.1, -0.05) is 0 Å². The van der Waals surface area contributed by atoms with Crippen LogP contribution in [-0.4, -0.2) is 29.9 Å². The fourth-order valence-corrected chi connectivity index (χ4v) is 2.90. The van der Waals surface area contributed by atoms with Crippen LogP contribution in [0.4, 0.5) is 5.69 Å². The highest BCUT2D eigenvalue weighted by Crippen LogP contribution is 2.19. The first-order valence-corrected chi connectivity index (χ1v) is 7.97. The predicted octanol–water partition coefficient (Wildman–Crippen LogP) is 1.09. The molecule has 2 aromatic rings. The lowest BCUT2D eigenvalue weighted by atomic mass is 10.4. The fourth-order valence-electron chi connectivity index (χ4n) is 1.78. The number of anilines is 1. The van der Waals surface area contributed by atoms with Crippen molar-refractivity contribution < 1.29 is 8.42 Å². The Morgan fingerprint density at radius 1 is 1.24 bits per heavy atom. The number of nitrogens with one attached hydrogen (secondary N) is 2. The van der Waals surface area contributed by atoms with Crippen LogP contribution in [-0.2, 0) is 16.6 Å². The summed E-state index contributed by atoms with van der Waals surface area (Å²) in [4.78, 5) is 12.1. The highest BCUT2D eigenvalue weighted by Gasteiger charge is 2.18. The molecule has 21 heavy (non-hydrogen) atoms. The molecule has 2 N–H and O–H groups in total. The van der Waals surface area contributed by atoms with Crippen LogP contribution in [0.5, 0.6) is 0 Å². The molecule has 0 aliphatic rings. The molecule has 0 fully saturated rings. The molecule has 0 atom stereocenters. The Kier molecular flexibility index (Phi) is 4.81. The van der Waals surface area contributed by atoms with Crippen LogP contribution in [0, 0.1) is 6.92 Å². The maximum absolute atomic E-state index is 12.4. The lowest BCUT2D eigenvalue weighted by Crippen LogP contribution is -2.25. The van der Waals surface area contributed by atoms with Crippen LogP contribution in [0.1, 0.15) is 18.4 Å². The minimum Gasteiger partial charge on any atom is -0.384 e. The summed E-state index contributed by atoms with van der Waals surface area (Å²) in [6.07, 6.45) is 4.47. The number of nitrogens with zero attached hydrogens (tertiary/aromatic N) is 3. The Balaban J connectivity index is 2.19. The smallest absolute Gasteiger partial charge is 0.244 e. The molecule has 0 radical (unpaired) electrons. The van der Waals surface area contributed by atoms with Gasteiger partial charge >= 0.3 is 0 Å². The zero-order valence-corrected chi connectivity index (χ0v) is 12.7. The maximum atomic E-state index is 12.4. The van der Waals surface area contributed by atoms with E-state index < -0.39 is 10.0 Å². The molecule has 112 valence electrons. The molecule has 0 saturated carbocycles. The number of sulfonamides is 1. The number of aryl methyl sites for hydroxylation is 1. The first-order chi connectivity index (χ1) is 10.0. The quantitative estimate of drug-likeness (QED) is 0.829. The number of hydrogen-bond acceptors (Lipinski definition) is 6. The molecule has 0 saturated heterocycles. The minimum atomic E-state index is -3.66. The van der Waals surface area contributed by atoms with Gasteiger partial charge in [-0.25, -0.2) is 23.1 Å². The number of aromatic nitrogens is 3. The van der Waals surface area contributed by atoms with Crippen LogP contribution >= 0.6 is 0 Å². The third-order valence-electron chi connectivity index (χ3n) is 2.72. The van der Waals surface area contributed by atoms with Gasteiger partial charge in [0, 0.05) is 25.1 Å². The summed E-state index contributed by atoms with van der Waals surface area (Å²) in [6.45, 7) is 4.38. The molecule has 0 amide bonds. The summed E-state index contributed by atoms with van der Waals surface area (Å²) in [5.74, 6) is 0.599. The number of rotatable bonds is 6. The Labute approximate surface area is 123 Å². The van der Waals surface area contributed by atoms with Crippen molar-refractivity contribution in [1.29, 1.82) is 0 Å². The Bertz CT molecular complexity index is 718. The van der Waals surface area contributed by atoms with Crippen molar-refractivity contribution in [2.75, 3.05) is 11.9 Å². The summed E-state index contributed by atoms with van der Waals surface area (Å²) in [7, 11) is -3.66. The predicted molar refractivity (Wildman–Crippen MR) is 79.2 cm³/mol. The van der Waals surface area contributed by atoms with Gasteiger partial charge in [0.25, 0.3) is 0 Å². The fraction of sp³-hybridized carbons (Fsp3) is 0.308. The van der Waals surface area contributed by atoms with E-state index >= 15 is 0 Å². The molecule has 2 aromatic heterocycles. The SMILES string of the molecule is CCNc1ccncc1S(=O)(=O)NCc1ccnc(C)n1. The monoisotopic (exact) mass is 307 g/mol. The highest BCUT2D eigenvalue weighted by atomic mass is 32.2. The standard InChI is InChI=1S/C13H17N5O2S/c1-3-15-12-5-6-14-9-13(12)21(19,20)17-8-11-4-7-16-10(2)18-11/h4-7,9,17H,3,8H2,1-2H3,(H,14,15). The highest BCUT2D eigenvalue weighted by molar-refractivity contribution is 7.89. The molecular formula is C13H17N5O2S. The zero-order valence-electron chi connectivity index (χ0n) is 11.9. The van der Waals surface area contributed by atoms with Gasteiger partial charge in [-0.2, -0.15) is 0 Å². The zero-order chi connectivity index (χ0) is 15.3. The van der Waals surface area contributed by atoms with Crippen molar-refractivity contribution in [3.05, 3.63) is 42.2 Å². The largest absolute Gasteiger partial charge is 0.384 e. The van der Waals surface area contributed by atoms with E-state index in [9.17, 15) is 8.42 Å². The normalized spacial score (nSPS) is 11.3. The van der Waals surface area contributed by atoms with E-state index in [2.05, 4.69) is 25.0 Å². The summed E-state index contributed by atoms with van der Waals surface area (Å²) < 4.78 is 27.2. The number of hydrogen-bond donors (Lipinski definition) is 2. The molecule has 0 bridgehead atoms. The Morgan fingerprint density at radius 3 is 2.76 bits per heavy atom. The third kappa shape index (κ3) is 3.96. The minimum absolute atomic E-state index is 0.103. The van der Waals surface area contributed by atoms with Crippen molar-refractivity contribution in [2.45, 2.75) is 25.3 Å². The van der Waals surface area contributed by atoms with E-state index in [1.807, 2.05) is 6.92 Å². The topological polar surface area (TPSA) is 96.9 Å². The number of pyridine rings is 1. The van der Waals surface area contributed by atoms with E-state index in [-0.39, 0.29) is 11.4 Å². The molecule has 0 unspecified atom stereocenters. The van der Waals surface area contributed by atoms with E-state index in [1.54, 1.807) is 31.5 Å². The van der Waals surface area contributed by atoms with Crippen LogP contribution < -0.4 is 10.0 Å². The second-order valence-corrected chi connectivity index (χ2v) is 6.06. The van der Waals surface area contributed by atoms with E-state index in [4.69, 9.17) is 0 Å². The average molecular weight is 307 g/mol. The van der Waals surface area contributed by atoms with Crippen LogP contribution in [0.3, 0.4) is 0 Å². The molecule has 0 spiro atoms. The van der Waals surface area contributed by atoms with Crippen molar-refractivity contribution in [3.63, 3.8) is 0 Å². The molecule has 8 heteroatoms. The first-order valence-electron chi connectivity index (χ1n) is 6.49. The molecule has 0 aromatic carbocycles. The molecule has 0 aliphatic heterocycles. The molecular weight excluding hydrogens is 290 g/mol. The third-order valence-corrected chi connectivity index (χ3v) is 4.15. The van der Waals surface area contributed by atoms with Gasteiger partial charge in [-0.15, -0.1) is 0 Å². The van der Waals surface area contributed by atoms with Crippen molar-refractivity contribution in [1.82, 2.24) is 19.7 Å². The van der Waals surface area contributed by atoms with Crippen LogP contribution in [0.2, 0.25) is 0 Å². The van der Waals surface area contributed by atoms with Crippen LogP contribution in [0.25, 0.3) is 0 Å². The summed E-state index contributed by atoms with van der Waals surface area (Å²) >= 11 is 0. The van der Waals surface area contributed by atoms with E-state index in [0.717, 1.165) is 0 Å². The summed E-state index contributed by atoms with van der Waals surface area (Å²) in [6, 6.07) is 3.30. The average Bonchev–Trinajstić information content (AvgIpc) is 2.46. The van der Waals surface area contributed by atoms with Gasteiger partial charge in [0.15, 0.2) is 0 Å². The van der Waals surface area contributed by atoms with Crippen molar-refractivity contribution in [2.24, 2.45) is 0 Å². The summed E-state index contributed by atoms with van der Waals surface area (Å²) in [5, 5.41) is 3.00. The maximum Gasteiger partial charge on any atom is 0.244 e. The van der Waals surface area contributed by atoms with Gasteiger partial charge in [-0.05, 0) is 26.0 Å². The second kappa shape index (κ2) is 6.59. The lowest BCUT2D eigenvalue weighted by molar-refractivity contribution is 0.580. The molecule has 2 heterocycles. The molecule has 0 aliphatic carbocycles. The van der Waals surface area contributed by atoms with Gasteiger partial charge < -0.3 is 5.32 Å². The lowest BCUT2D eigenvalue weighted by Gasteiger charge is -2.11. The Morgan fingerprint density at radius 2 is 2.05 bits per heavy atom. The van der Waals surface area contributed by atoms with Gasteiger partial charge in [0.1, 0.15) is 10.7 Å². The molecule has 7 nitrogen and oxygen atoms in total. The Hall–Kier alpha value is -2.06. The van der Waals surface area contributed by atoms with E-state index in [0.29, 0.717) is 23.8 Å². The summed E-state index contributed by atoms with van der Waals surface area (Å²) in [5.41, 5.74) is 1.14. The molecule has 2 rings (SSSR count). The van der Waals surface area contributed by atoms with Gasteiger partial charge in [0.2, 0.25) is 10.0 Å². The van der Waals surface area contributed by atoms with Crippen molar-refractivity contribution in [3.8, 4) is 0 Å². The van der Waals surface area contributed by atoms with Crippen LogP contribution in [0.15, 0.2) is 35.6 Å². The van der Waals surface area contributed by atoms with E-state index in [1.165, 1.54) is 6.20 Å². The first kappa shape index (κ1) is 15.3. The van der Waals surface area contributed by atoms with Gasteiger partial charge in [0.05, 0.1) is 17.9 Å².